The lowest BCUT2D eigenvalue weighted by atomic mass is 10.2. The van der Waals surface area contributed by atoms with E-state index >= 15 is 0 Å². The second-order valence-electron chi connectivity index (χ2n) is 4.47. The highest BCUT2D eigenvalue weighted by atomic mass is 16.1. The lowest BCUT2D eigenvalue weighted by Crippen LogP contribution is -2.33. The van der Waals surface area contributed by atoms with E-state index in [1.807, 2.05) is 6.20 Å². The smallest absolute Gasteiger partial charge is 0.312 e. The van der Waals surface area contributed by atoms with Crippen molar-refractivity contribution in [3.8, 4) is 0 Å². The predicted molar refractivity (Wildman–Crippen MR) is 59.9 cm³/mol. The number of imidazole rings is 1. The summed E-state index contributed by atoms with van der Waals surface area (Å²) in [6, 6.07) is 0.601. The number of hydrogen-bond acceptors (Lipinski definition) is 2. The predicted octanol–water partition coefficient (Wildman–Crippen LogP) is 0.575. The third kappa shape index (κ3) is 2.50. The van der Waals surface area contributed by atoms with E-state index in [9.17, 15) is 4.79 Å². The van der Waals surface area contributed by atoms with Gasteiger partial charge in [0, 0.05) is 38.6 Å². The zero-order valence-electron chi connectivity index (χ0n) is 9.44. The Morgan fingerprint density at radius 3 is 2.80 bits per heavy atom. The minimum atomic E-state index is 0.0656. The van der Waals surface area contributed by atoms with Crippen molar-refractivity contribution in [1.82, 2.24) is 14.5 Å². The van der Waals surface area contributed by atoms with Crippen LogP contribution in [0.5, 0.6) is 0 Å². The molecule has 1 aromatic heterocycles. The van der Waals surface area contributed by atoms with Crippen molar-refractivity contribution in [1.29, 1.82) is 0 Å². The van der Waals surface area contributed by atoms with Crippen LogP contribution in [0, 0.1) is 5.92 Å². The summed E-state index contributed by atoms with van der Waals surface area (Å²) in [4.78, 5) is 11.5. The molecule has 1 N–H and O–H groups in total. The van der Waals surface area contributed by atoms with Gasteiger partial charge in [-0.3, -0.25) is 4.57 Å². The van der Waals surface area contributed by atoms with Gasteiger partial charge in [-0.15, -0.1) is 0 Å². The van der Waals surface area contributed by atoms with Crippen molar-refractivity contribution in [2.24, 2.45) is 13.0 Å². The third-order valence-corrected chi connectivity index (χ3v) is 3.17. The summed E-state index contributed by atoms with van der Waals surface area (Å²) in [5, 5.41) is 3.46. The number of hydrogen-bond donors (Lipinski definition) is 1. The summed E-state index contributed by atoms with van der Waals surface area (Å²) in [6.45, 7) is 3.86. The molecule has 1 heterocycles. The van der Waals surface area contributed by atoms with Crippen LogP contribution in [0.25, 0.3) is 0 Å². The maximum atomic E-state index is 11.5. The van der Waals surface area contributed by atoms with E-state index in [1.54, 1.807) is 22.4 Å². The Morgan fingerprint density at radius 1 is 1.53 bits per heavy atom. The third-order valence-electron chi connectivity index (χ3n) is 3.17. The number of rotatable bonds is 5. The summed E-state index contributed by atoms with van der Waals surface area (Å²) in [5.41, 5.74) is 0.0656. The van der Waals surface area contributed by atoms with Crippen molar-refractivity contribution < 1.29 is 0 Å². The lowest BCUT2D eigenvalue weighted by Gasteiger charge is -2.12. The molecule has 0 radical (unpaired) electrons. The van der Waals surface area contributed by atoms with Gasteiger partial charge in [0.15, 0.2) is 0 Å². The van der Waals surface area contributed by atoms with Crippen molar-refractivity contribution in [2.45, 2.75) is 32.4 Å². The molecule has 0 amide bonds. The van der Waals surface area contributed by atoms with Crippen LogP contribution in [0.1, 0.15) is 19.8 Å². The Balaban J connectivity index is 1.78. The fourth-order valence-corrected chi connectivity index (χ4v) is 1.86. The van der Waals surface area contributed by atoms with E-state index in [-0.39, 0.29) is 5.69 Å². The highest BCUT2D eigenvalue weighted by molar-refractivity contribution is 4.84. The van der Waals surface area contributed by atoms with Crippen molar-refractivity contribution >= 4 is 0 Å². The maximum absolute atomic E-state index is 11.5. The first-order chi connectivity index (χ1) is 7.18. The average molecular weight is 209 g/mol. The molecule has 1 atom stereocenters. The Bertz CT molecular complexity index is 375. The Morgan fingerprint density at radius 2 is 2.27 bits per heavy atom. The topological polar surface area (TPSA) is 39.0 Å². The van der Waals surface area contributed by atoms with Crippen LogP contribution >= 0.6 is 0 Å². The van der Waals surface area contributed by atoms with Gasteiger partial charge in [0.25, 0.3) is 0 Å². The number of nitrogens with one attached hydrogen (secondary N) is 1. The van der Waals surface area contributed by atoms with E-state index in [1.165, 1.54) is 12.8 Å². The highest BCUT2D eigenvalue weighted by Crippen LogP contribution is 2.32. The van der Waals surface area contributed by atoms with Crippen molar-refractivity contribution in [2.75, 3.05) is 6.54 Å². The van der Waals surface area contributed by atoms with E-state index in [2.05, 4.69) is 12.2 Å². The summed E-state index contributed by atoms with van der Waals surface area (Å²) in [5.74, 6) is 0.873. The van der Waals surface area contributed by atoms with Crippen LogP contribution in [0.4, 0.5) is 0 Å². The van der Waals surface area contributed by atoms with Crippen LogP contribution < -0.4 is 11.0 Å². The quantitative estimate of drug-likeness (QED) is 0.770. The van der Waals surface area contributed by atoms with Crippen LogP contribution in [0.2, 0.25) is 0 Å². The number of aromatic nitrogens is 2. The lowest BCUT2D eigenvalue weighted by molar-refractivity contribution is 0.471. The summed E-state index contributed by atoms with van der Waals surface area (Å²) < 4.78 is 3.34. The second kappa shape index (κ2) is 4.23. The van der Waals surface area contributed by atoms with E-state index in [0.717, 1.165) is 19.0 Å². The fourth-order valence-electron chi connectivity index (χ4n) is 1.86. The first-order valence-electron chi connectivity index (χ1n) is 5.63. The first-order valence-corrected chi connectivity index (χ1v) is 5.63. The fraction of sp³-hybridized carbons (Fsp3) is 0.727. The Kier molecular flexibility index (Phi) is 2.95. The molecular formula is C11H19N3O. The molecule has 2 rings (SSSR count). The van der Waals surface area contributed by atoms with Gasteiger partial charge >= 0.3 is 5.69 Å². The number of aryl methyl sites for hydroxylation is 1. The summed E-state index contributed by atoms with van der Waals surface area (Å²) in [7, 11) is 1.78. The van der Waals surface area contributed by atoms with Gasteiger partial charge in [-0.1, -0.05) is 0 Å². The second-order valence-corrected chi connectivity index (χ2v) is 4.47. The molecule has 1 fully saturated rings. The molecule has 1 aromatic rings. The van der Waals surface area contributed by atoms with Crippen LogP contribution in [-0.4, -0.2) is 21.7 Å². The van der Waals surface area contributed by atoms with E-state index < -0.39 is 0 Å². The van der Waals surface area contributed by atoms with Gasteiger partial charge in [0.1, 0.15) is 0 Å². The summed E-state index contributed by atoms with van der Waals surface area (Å²) in [6.07, 6.45) is 6.36. The Labute approximate surface area is 89.9 Å². The molecule has 84 valence electrons. The van der Waals surface area contributed by atoms with Crippen LogP contribution in [0.15, 0.2) is 17.2 Å². The molecule has 0 spiro atoms. The molecule has 0 aromatic carbocycles. The SMILES string of the molecule is CC(NCCn1ccn(C)c1=O)C1CC1. The molecule has 4 nitrogen and oxygen atoms in total. The summed E-state index contributed by atoms with van der Waals surface area (Å²) >= 11 is 0. The van der Waals surface area contributed by atoms with Crippen molar-refractivity contribution in [3.63, 3.8) is 0 Å². The van der Waals surface area contributed by atoms with E-state index in [4.69, 9.17) is 0 Å². The molecule has 4 heteroatoms. The van der Waals surface area contributed by atoms with Gasteiger partial charge in [-0.25, -0.2) is 4.79 Å². The monoisotopic (exact) mass is 209 g/mol. The standard InChI is InChI=1S/C11H19N3O/c1-9(10-3-4-10)12-5-6-14-8-7-13(2)11(14)15/h7-10,12H,3-6H2,1-2H3. The normalized spacial score (nSPS) is 18.0. The molecule has 1 saturated carbocycles. The van der Waals surface area contributed by atoms with Crippen molar-refractivity contribution in [3.05, 3.63) is 22.9 Å². The van der Waals surface area contributed by atoms with Gasteiger partial charge in [0.05, 0.1) is 0 Å². The van der Waals surface area contributed by atoms with Gasteiger partial charge in [0.2, 0.25) is 0 Å². The maximum Gasteiger partial charge on any atom is 0.327 e. The van der Waals surface area contributed by atoms with E-state index in [0.29, 0.717) is 6.04 Å². The molecule has 15 heavy (non-hydrogen) atoms. The van der Waals surface area contributed by atoms with Crippen LogP contribution in [-0.2, 0) is 13.6 Å². The van der Waals surface area contributed by atoms with Gasteiger partial charge in [-0.05, 0) is 25.7 Å². The Hall–Kier alpha value is -1.03. The van der Waals surface area contributed by atoms with Gasteiger partial charge < -0.3 is 9.88 Å². The molecule has 1 aliphatic carbocycles. The first kappa shape index (κ1) is 10.5. The molecule has 0 saturated heterocycles. The zero-order chi connectivity index (χ0) is 10.8. The molecule has 1 aliphatic rings. The molecule has 0 bridgehead atoms. The van der Waals surface area contributed by atoms with Gasteiger partial charge in [-0.2, -0.15) is 0 Å². The highest BCUT2D eigenvalue weighted by Gasteiger charge is 2.27. The molecule has 0 aliphatic heterocycles. The average Bonchev–Trinajstić information content (AvgIpc) is 3.00. The molecule has 1 unspecified atom stereocenters. The molecular weight excluding hydrogens is 190 g/mol. The van der Waals surface area contributed by atoms with Crippen LogP contribution in [0.3, 0.4) is 0 Å². The minimum Gasteiger partial charge on any atom is -0.312 e. The largest absolute Gasteiger partial charge is 0.327 e. The zero-order valence-corrected chi connectivity index (χ0v) is 9.44. The number of nitrogens with zero attached hydrogens (tertiary/aromatic N) is 2. The minimum absolute atomic E-state index is 0.0656.